The van der Waals surface area contributed by atoms with Crippen LogP contribution in [0.25, 0.3) is 0 Å². The van der Waals surface area contributed by atoms with E-state index in [1.165, 1.54) is 12.1 Å². The number of hydrogen-bond donors (Lipinski definition) is 2. The Morgan fingerprint density at radius 1 is 1.23 bits per heavy atom. The predicted octanol–water partition coefficient (Wildman–Crippen LogP) is 4.77. The van der Waals surface area contributed by atoms with Crippen LogP contribution in [-0.2, 0) is 0 Å². The summed E-state index contributed by atoms with van der Waals surface area (Å²) < 4.78 is 0. The Morgan fingerprint density at radius 2 is 2.04 bits per heavy atom. The highest BCUT2D eigenvalue weighted by Gasteiger charge is 2.39. The number of carboxylic acids is 1. The number of hydrogen-bond acceptors (Lipinski definition) is 4. The maximum atomic E-state index is 11.3. The molecule has 0 aromatic heterocycles. The van der Waals surface area contributed by atoms with E-state index in [-0.39, 0.29) is 29.1 Å². The van der Waals surface area contributed by atoms with Crippen molar-refractivity contribution in [3.05, 3.63) is 80.4 Å². The molecule has 0 spiro atoms. The van der Waals surface area contributed by atoms with Crippen LogP contribution in [0.15, 0.2) is 48.6 Å². The molecule has 0 saturated carbocycles. The van der Waals surface area contributed by atoms with Gasteiger partial charge in [0, 0.05) is 34.3 Å². The Labute approximate surface area is 154 Å². The van der Waals surface area contributed by atoms with Crippen molar-refractivity contribution in [2.75, 3.05) is 5.32 Å². The van der Waals surface area contributed by atoms with Crippen molar-refractivity contribution in [2.24, 2.45) is 5.92 Å². The number of nitrogens with zero attached hydrogens (tertiary/aromatic N) is 1. The van der Waals surface area contributed by atoms with Crippen molar-refractivity contribution < 1.29 is 14.8 Å². The Kier molecular flexibility index (Phi) is 3.92. The van der Waals surface area contributed by atoms with Gasteiger partial charge in [-0.15, -0.1) is 0 Å². The molecule has 0 radical (unpaired) electrons. The number of rotatable bonds is 3. The molecule has 3 unspecified atom stereocenters. The van der Waals surface area contributed by atoms with Crippen LogP contribution in [0, 0.1) is 16.0 Å². The molecular formula is C19H15ClN2O4. The molecule has 2 aliphatic rings. The lowest BCUT2D eigenvalue weighted by atomic mass is 9.76. The van der Waals surface area contributed by atoms with E-state index in [9.17, 15) is 20.0 Å². The van der Waals surface area contributed by atoms with E-state index in [4.69, 9.17) is 11.6 Å². The number of carbonyl (C=O) groups is 1. The van der Waals surface area contributed by atoms with Crippen LogP contribution in [0.4, 0.5) is 11.4 Å². The van der Waals surface area contributed by atoms with Crippen LogP contribution < -0.4 is 5.32 Å². The van der Waals surface area contributed by atoms with E-state index < -0.39 is 10.9 Å². The number of nitrogens with one attached hydrogen (secondary N) is 1. The van der Waals surface area contributed by atoms with Crippen molar-refractivity contribution in [2.45, 2.75) is 18.4 Å². The zero-order valence-corrected chi connectivity index (χ0v) is 14.3. The fourth-order valence-electron chi connectivity index (χ4n) is 3.92. The molecule has 0 amide bonds. The lowest BCUT2D eigenvalue weighted by Crippen LogP contribution is -2.29. The average molecular weight is 371 g/mol. The van der Waals surface area contributed by atoms with Crippen LogP contribution in [0.1, 0.15) is 39.9 Å². The number of anilines is 1. The first-order valence-electron chi connectivity index (χ1n) is 8.20. The molecule has 26 heavy (non-hydrogen) atoms. The Balaban J connectivity index is 1.80. The highest BCUT2D eigenvalue weighted by Crippen LogP contribution is 2.51. The third kappa shape index (κ3) is 2.63. The summed E-state index contributed by atoms with van der Waals surface area (Å²) in [6.45, 7) is 0. The van der Waals surface area contributed by atoms with Crippen molar-refractivity contribution in [3.63, 3.8) is 0 Å². The minimum atomic E-state index is -0.963. The summed E-state index contributed by atoms with van der Waals surface area (Å²) in [6.07, 6.45) is 4.93. The maximum Gasteiger partial charge on any atom is 0.335 e. The molecule has 132 valence electrons. The molecule has 1 aliphatic carbocycles. The van der Waals surface area contributed by atoms with E-state index in [1.807, 2.05) is 0 Å². The second-order valence-electron chi connectivity index (χ2n) is 6.55. The Morgan fingerprint density at radius 3 is 2.77 bits per heavy atom. The quantitative estimate of drug-likeness (QED) is 0.461. The number of halogens is 1. The summed E-state index contributed by atoms with van der Waals surface area (Å²) in [5.74, 6) is -0.799. The summed E-state index contributed by atoms with van der Waals surface area (Å²) in [5, 5.41) is 24.3. The highest BCUT2D eigenvalue weighted by molar-refractivity contribution is 6.31. The number of carboxylic acid groups (broad SMARTS) is 1. The molecule has 2 aromatic carbocycles. The third-order valence-electron chi connectivity index (χ3n) is 5.14. The van der Waals surface area contributed by atoms with Gasteiger partial charge in [0.05, 0.1) is 16.5 Å². The SMILES string of the molecule is O=C(O)c1ccc2c(c1)C1C=CCC1C(c1cc([N+](=O)[O-])ccc1Cl)N2. The van der Waals surface area contributed by atoms with Gasteiger partial charge in [0.25, 0.3) is 5.69 Å². The fraction of sp³-hybridized carbons (Fsp3) is 0.211. The highest BCUT2D eigenvalue weighted by atomic mass is 35.5. The second kappa shape index (κ2) is 6.14. The van der Waals surface area contributed by atoms with Crippen LogP contribution in [0.3, 0.4) is 0 Å². The van der Waals surface area contributed by atoms with Gasteiger partial charge >= 0.3 is 5.97 Å². The van der Waals surface area contributed by atoms with Gasteiger partial charge in [0.15, 0.2) is 0 Å². The lowest BCUT2D eigenvalue weighted by molar-refractivity contribution is -0.384. The molecule has 3 atom stereocenters. The van der Waals surface area contributed by atoms with E-state index in [2.05, 4.69) is 17.5 Å². The van der Waals surface area contributed by atoms with E-state index >= 15 is 0 Å². The minimum Gasteiger partial charge on any atom is -0.478 e. The van der Waals surface area contributed by atoms with Crippen LogP contribution in [-0.4, -0.2) is 16.0 Å². The molecule has 0 saturated heterocycles. The van der Waals surface area contributed by atoms with Gasteiger partial charge in [-0.05, 0) is 42.2 Å². The van der Waals surface area contributed by atoms with Crippen LogP contribution in [0.5, 0.6) is 0 Å². The van der Waals surface area contributed by atoms with Crippen molar-refractivity contribution >= 4 is 28.9 Å². The minimum absolute atomic E-state index is 0.000674. The largest absolute Gasteiger partial charge is 0.478 e. The number of nitro groups is 1. The van der Waals surface area contributed by atoms with E-state index in [1.54, 1.807) is 24.3 Å². The monoisotopic (exact) mass is 370 g/mol. The summed E-state index contributed by atoms with van der Waals surface area (Å²) in [4.78, 5) is 22.0. The standard InChI is InChI=1S/C19H15ClN2O4/c20-16-6-5-11(22(25)26)9-15(16)18-13-3-1-2-12(13)14-8-10(19(23)24)4-7-17(14)21-18/h1-2,4-9,12-13,18,21H,3H2,(H,23,24). The first-order valence-corrected chi connectivity index (χ1v) is 8.58. The zero-order valence-electron chi connectivity index (χ0n) is 13.6. The first kappa shape index (κ1) is 16.6. The van der Waals surface area contributed by atoms with Crippen molar-refractivity contribution in [1.29, 1.82) is 0 Å². The van der Waals surface area contributed by atoms with Gasteiger partial charge < -0.3 is 10.4 Å². The molecule has 4 rings (SSSR count). The van der Waals surface area contributed by atoms with E-state index in [0.29, 0.717) is 10.6 Å². The summed E-state index contributed by atoms with van der Waals surface area (Å²) in [6, 6.07) is 9.28. The molecule has 7 heteroatoms. The normalized spacial score (nSPS) is 23.0. The Hall–Kier alpha value is -2.86. The smallest absolute Gasteiger partial charge is 0.335 e. The molecule has 2 aromatic rings. The van der Waals surface area contributed by atoms with Gasteiger partial charge in [0.2, 0.25) is 0 Å². The van der Waals surface area contributed by atoms with Crippen LogP contribution >= 0.6 is 11.6 Å². The van der Waals surface area contributed by atoms with E-state index in [0.717, 1.165) is 17.7 Å². The lowest BCUT2D eigenvalue weighted by Gasteiger charge is -2.37. The van der Waals surface area contributed by atoms with Gasteiger partial charge in [-0.25, -0.2) is 4.79 Å². The number of benzene rings is 2. The number of non-ortho nitro benzene ring substituents is 1. The number of fused-ring (bicyclic) bond motifs is 3. The van der Waals surface area contributed by atoms with Crippen molar-refractivity contribution in [3.8, 4) is 0 Å². The molecule has 2 N–H and O–H groups in total. The number of aromatic carboxylic acids is 1. The maximum absolute atomic E-state index is 11.3. The van der Waals surface area contributed by atoms with Gasteiger partial charge in [0.1, 0.15) is 0 Å². The average Bonchev–Trinajstić information content (AvgIpc) is 3.11. The predicted molar refractivity (Wildman–Crippen MR) is 97.9 cm³/mol. The summed E-state index contributed by atoms with van der Waals surface area (Å²) >= 11 is 6.36. The summed E-state index contributed by atoms with van der Waals surface area (Å²) in [7, 11) is 0. The molecule has 1 aliphatic heterocycles. The molecule has 0 fully saturated rings. The first-order chi connectivity index (χ1) is 12.5. The second-order valence-corrected chi connectivity index (χ2v) is 6.95. The molecular weight excluding hydrogens is 356 g/mol. The third-order valence-corrected chi connectivity index (χ3v) is 5.48. The zero-order chi connectivity index (χ0) is 18.4. The van der Waals surface area contributed by atoms with Gasteiger partial charge in [-0.1, -0.05) is 23.8 Å². The Bertz CT molecular complexity index is 957. The van der Waals surface area contributed by atoms with Gasteiger partial charge in [-0.2, -0.15) is 0 Å². The van der Waals surface area contributed by atoms with Crippen molar-refractivity contribution in [1.82, 2.24) is 0 Å². The summed E-state index contributed by atoms with van der Waals surface area (Å²) in [5.41, 5.74) is 2.70. The van der Waals surface area contributed by atoms with Crippen LogP contribution in [0.2, 0.25) is 5.02 Å². The van der Waals surface area contributed by atoms with Gasteiger partial charge in [-0.3, -0.25) is 10.1 Å². The number of allylic oxidation sites excluding steroid dienone is 2. The molecule has 6 nitrogen and oxygen atoms in total. The fourth-order valence-corrected chi connectivity index (χ4v) is 4.15. The topological polar surface area (TPSA) is 92.5 Å². The number of nitro benzene ring substituents is 1. The molecule has 0 bridgehead atoms. The molecule has 1 heterocycles.